The fraction of sp³-hybridized carbons (Fsp3) is 0.700. The summed E-state index contributed by atoms with van der Waals surface area (Å²) in [4.78, 5) is 33.5. The van der Waals surface area contributed by atoms with E-state index in [0.29, 0.717) is 0 Å². The Morgan fingerprint density at radius 1 is 1.40 bits per heavy atom. The molecule has 0 unspecified atom stereocenters. The van der Waals surface area contributed by atoms with Crippen molar-refractivity contribution in [2.75, 3.05) is 6.61 Å². The number of ether oxygens (including phenoxy) is 3. The molecule has 1 saturated heterocycles. The van der Waals surface area contributed by atoms with Crippen molar-refractivity contribution >= 4 is 52.8 Å². The summed E-state index contributed by atoms with van der Waals surface area (Å²) in [5.74, 6) is -1.77. The molecule has 1 aliphatic rings. The van der Waals surface area contributed by atoms with Gasteiger partial charge in [0.25, 0.3) is 0 Å². The standard InChI is InChI=1S/C10H12Cl3NO6/c1-4(19-9(17)18-3-10(11,12)13)6-7(16)14-8(6)20-5(2)15/h4,6,8H,3H2,1-2H3,(H,14,16)/t4-,6-,8-/m1/s1. The lowest BCUT2D eigenvalue weighted by atomic mass is 9.93. The molecule has 114 valence electrons. The molecule has 0 bridgehead atoms. The normalized spacial score (nSPS) is 23.1. The van der Waals surface area contributed by atoms with Crippen LogP contribution in [0.4, 0.5) is 4.79 Å². The molecule has 0 aliphatic carbocycles. The van der Waals surface area contributed by atoms with Gasteiger partial charge in [-0.05, 0) is 6.92 Å². The van der Waals surface area contributed by atoms with Crippen LogP contribution in [0, 0.1) is 5.92 Å². The minimum atomic E-state index is -1.75. The van der Waals surface area contributed by atoms with E-state index in [4.69, 9.17) is 44.3 Å². The fourth-order valence-corrected chi connectivity index (χ4v) is 1.67. The molecule has 20 heavy (non-hydrogen) atoms. The van der Waals surface area contributed by atoms with Crippen LogP contribution in [0.15, 0.2) is 0 Å². The van der Waals surface area contributed by atoms with Gasteiger partial charge in [-0.25, -0.2) is 4.79 Å². The zero-order valence-electron chi connectivity index (χ0n) is 10.5. The van der Waals surface area contributed by atoms with Crippen LogP contribution in [-0.4, -0.2) is 40.8 Å². The van der Waals surface area contributed by atoms with Crippen LogP contribution in [-0.2, 0) is 23.8 Å². The van der Waals surface area contributed by atoms with Gasteiger partial charge in [0.15, 0.2) is 6.23 Å². The van der Waals surface area contributed by atoms with Gasteiger partial charge in [0.05, 0.1) is 0 Å². The average Bonchev–Trinajstić information content (AvgIpc) is 2.23. The summed E-state index contributed by atoms with van der Waals surface area (Å²) in [7, 11) is 0. The van der Waals surface area contributed by atoms with Crippen LogP contribution in [0.1, 0.15) is 13.8 Å². The SMILES string of the molecule is CC(=O)O[C@H]1NC(=O)[C@H]1[C@@H](C)OC(=O)OCC(Cl)(Cl)Cl. The highest BCUT2D eigenvalue weighted by Crippen LogP contribution is 2.27. The molecule has 1 heterocycles. The quantitative estimate of drug-likeness (QED) is 0.471. The number of amides is 1. The van der Waals surface area contributed by atoms with E-state index < -0.39 is 46.7 Å². The van der Waals surface area contributed by atoms with Crippen LogP contribution in [0.3, 0.4) is 0 Å². The molecule has 1 amide bonds. The van der Waals surface area contributed by atoms with E-state index in [-0.39, 0.29) is 0 Å². The molecule has 1 rings (SSSR count). The van der Waals surface area contributed by atoms with Gasteiger partial charge in [-0.1, -0.05) is 34.8 Å². The molecule has 1 aliphatic heterocycles. The van der Waals surface area contributed by atoms with Crippen LogP contribution >= 0.6 is 34.8 Å². The first-order valence-electron chi connectivity index (χ1n) is 5.48. The number of rotatable bonds is 4. The first-order valence-corrected chi connectivity index (χ1v) is 6.61. The molecule has 0 aromatic rings. The summed E-state index contributed by atoms with van der Waals surface area (Å²) in [6.45, 7) is 2.16. The lowest BCUT2D eigenvalue weighted by molar-refractivity contribution is -0.174. The third kappa shape index (κ3) is 5.22. The second kappa shape index (κ2) is 6.69. The first-order chi connectivity index (χ1) is 9.10. The molecule has 0 aromatic carbocycles. The molecular formula is C10H12Cl3NO6. The first kappa shape index (κ1) is 17.1. The van der Waals surface area contributed by atoms with E-state index in [1.54, 1.807) is 0 Å². The largest absolute Gasteiger partial charge is 0.508 e. The number of carbonyl (C=O) groups excluding carboxylic acids is 3. The van der Waals surface area contributed by atoms with Crippen molar-refractivity contribution in [3.63, 3.8) is 0 Å². The Morgan fingerprint density at radius 3 is 2.45 bits per heavy atom. The predicted octanol–water partition coefficient (Wildman–Crippen LogP) is 1.53. The van der Waals surface area contributed by atoms with Crippen LogP contribution in [0.2, 0.25) is 0 Å². The number of β-lactam (4-membered cyclic amide) rings is 1. The van der Waals surface area contributed by atoms with Gasteiger partial charge in [-0.3, -0.25) is 9.59 Å². The Labute approximate surface area is 129 Å². The van der Waals surface area contributed by atoms with Gasteiger partial charge in [-0.15, -0.1) is 0 Å². The smallest absolute Gasteiger partial charge is 0.441 e. The van der Waals surface area contributed by atoms with Crippen LogP contribution < -0.4 is 5.32 Å². The maximum absolute atomic E-state index is 11.4. The van der Waals surface area contributed by atoms with Crippen molar-refractivity contribution in [3.8, 4) is 0 Å². The van der Waals surface area contributed by atoms with E-state index in [0.717, 1.165) is 0 Å². The molecule has 1 fully saturated rings. The summed E-state index contributed by atoms with van der Waals surface area (Å²) in [6.07, 6.45) is -2.79. The number of carbonyl (C=O) groups is 3. The average molecular weight is 349 g/mol. The number of nitrogens with one attached hydrogen (secondary N) is 1. The Hall–Kier alpha value is -0.920. The summed E-state index contributed by atoms with van der Waals surface area (Å²) in [6, 6.07) is 0. The van der Waals surface area contributed by atoms with E-state index in [1.165, 1.54) is 13.8 Å². The third-order valence-corrected chi connectivity index (χ3v) is 2.68. The topological polar surface area (TPSA) is 90.9 Å². The van der Waals surface area contributed by atoms with Gasteiger partial charge in [0, 0.05) is 6.92 Å². The second-order valence-corrected chi connectivity index (χ2v) is 6.56. The van der Waals surface area contributed by atoms with Crippen molar-refractivity contribution in [2.45, 2.75) is 30.0 Å². The van der Waals surface area contributed by atoms with E-state index >= 15 is 0 Å². The third-order valence-electron chi connectivity index (χ3n) is 2.35. The molecule has 3 atom stereocenters. The van der Waals surface area contributed by atoms with Crippen molar-refractivity contribution in [2.24, 2.45) is 5.92 Å². The molecule has 0 aromatic heterocycles. The summed E-state index contributed by atoms with van der Waals surface area (Å²) >= 11 is 16.2. The molecule has 0 spiro atoms. The maximum atomic E-state index is 11.4. The van der Waals surface area contributed by atoms with Gasteiger partial charge in [0.2, 0.25) is 9.70 Å². The van der Waals surface area contributed by atoms with Gasteiger partial charge < -0.3 is 19.5 Å². The van der Waals surface area contributed by atoms with E-state index in [1.807, 2.05) is 0 Å². The van der Waals surface area contributed by atoms with Crippen LogP contribution in [0.25, 0.3) is 0 Å². The molecule has 0 saturated carbocycles. The summed E-state index contributed by atoms with van der Waals surface area (Å²) in [5, 5.41) is 2.36. The Kier molecular flexibility index (Phi) is 5.73. The number of halogens is 3. The minimum absolute atomic E-state index is 0.405. The number of esters is 1. The minimum Gasteiger partial charge on any atom is -0.441 e. The number of alkyl halides is 3. The fourth-order valence-electron chi connectivity index (χ4n) is 1.51. The lowest BCUT2D eigenvalue weighted by Crippen LogP contribution is -2.63. The molecule has 1 N–H and O–H groups in total. The van der Waals surface area contributed by atoms with Crippen molar-refractivity contribution in [1.82, 2.24) is 5.32 Å². The van der Waals surface area contributed by atoms with Crippen molar-refractivity contribution in [3.05, 3.63) is 0 Å². The Bertz CT molecular complexity index is 410. The number of hydrogen-bond acceptors (Lipinski definition) is 6. The molecule has 0 radical (unpaired) electrons. The van der Waals surface area contributed by atoms with Crippen LogP contribution in [0.5, 0.6) is 0 Å². The van der Waals surface area contributed by atoms with E-state index in [9.17, 15) is 14.4 Å². The summed E-state index contributed by atoms with van der Waals surface area (Å²) < 4.78 is 12.5. The molecule has 7 nitrogen and oxygen atoms in total. The van der Waals surface area contributed by atoms with Crippen molar-refractivity contribution in [1.29, 1.82) is 0 Å². The highest BCUT2D eigenvalue weighted by molar-refractivity contribution is 6.67. The molecule has 10 heteroatoms. The Balaban J connectivity index is 2.44. The maximum Gasteiger partial charge on any atom is 0.508 e. The molecular weight excluding hydrogens is 336 g/mol. The zero-order chi connectivity index (χ0) is 15.5. The predicted molar refractivity (Wildman–Crippen MR) is 69.4 cm³/mol. The number of hydrogen-bond donors (Lipinski definition) is 1. The monoisotopic (exact) mass is 347 g/mol. The zero-order valence-corrected chi connectivity index (χ0v) is 12.8. The van der Waals surface area contributed by atoms with Gasteiger partial charge in [-0.2, -0.15) is 0 Å². The van der Waals surface area contributed by atoms with Gasteiger partial charge in [0.1, 0.15) is 18.6 Å². The highest BCUT2D eigenvalue weighted by Gasteiger charge is 2.47. The van der Waals surface area contributed by atoms with Gasteiger partial charge >= 0.3 is 12.1 Å². The van der Waals surface area contributed by atoms with Crippen molar-refractivity contribution < 1.29 is 28.6 Å². The lowest BCUT2D eigenvalue weighted by Gasteiger charge is -2.38. The second-order valence-electron chi connectivity index (χ2n) is 4.04. The van der Waals surface area contributed by atoms with E-state index in [2.05, 4.69) is 10.1 Å². The summed E-state index contributed by atoms with van der Waals surface area (Å²) in [5.41, 5.74) is 0. The Morgan fingerprint density at radius 2 is 2.00 bits per heavy atom. The highest BCUT2D eigenvalue weighted by atomic mass is 35.6.